The molecule has 1 saturated heterocycles. The Bertz CT molecular complexity index is 410. The minimum absolute atomic E-state index is 0.00315. The van der Waals surface area contributed by atoms with Crippen LogP contribution >= 0.6 is 15.9 Å². The Hall–Kier alpha value is -0.940. The van der Waals surface area contributed by atoms with Crippen LogP contribution < -0.4 is 10.6 Å². The average Bonchev–Trinajstić information content (AvgIpc) is 2.32. The van der Waals surface area contributed by atoms with Crippen LogP contribution in [0.5, 0.6) is 0 Å². The summed E-state index contributed by atoms with van der Waals surface area (Å²) in [7, 11) is 0. The van der Waals surface area contributed by atoms with E-state index >= 15 is 0 Å². The van der Waals surface area contributed by atoms with E-state index in [2.05, 4.69) is 38.5 Å². The van der Waals surface area contributed by atoms with Gasteiger partial charge in [0.2, 0.25) is 5.91 Å². The maximum atomic E-state index is 12.1. The summed E-state index contributed by atoms with van der Waals surface area (Å²) in [5.74, 6) is 0.944. The highest BCUT2D eigenvalue weighted by molar-refractivity contribution is 9.10. The molecule has 0 bridgehead atoms. The van der Waals surface area contributed by atoms with Gasteiger partial charge in [-0.1, -0.05) is 6.92 Å². The van der Waals surface area contributed by atoms with E-state index in [1.54, 1.807) is 6.20 Å². The minimum Gasteiger partial charge on any atom is -0.308 e. The van der Waals surface area contributed by atoms with Crippen molar-refractivity contribution in [1.29, 1.82) is 0 Å². The third-order valence-corrected chi connectivity index (χ3v) is 3.69. The molecule has 1 aromatic heterocycles. The molecule has 2 N–H and O–H groups in total. The summed E-state index contributed by atoms with van der Waals surface area (Å²) in [5, 5.41) is 6.10. The third-order valence-electron chi connectivity index (χ3n) is 3.05. The van der Waals surface area contributed by atoms with Crippen LogP contribution in [0.2, 0.25) is 0 Å². The van der Waals surface area contributed by atoms with Crippen LogP contribution in [-0.4, -0.2) is 23.5 Å². The van der Waals surface area contributed by atoms with Crippen molar-refractivity contribution in [1.82, 2.24) is 10.3 Å². The van der Waals surface area contributed by atoms with Gasteiger partial charge in [-0.3, -0.25) is 4.79 Å². The lowest BCUT2D eigenvalue weighted by Gasteiger charge is -2.28. The summed E-state index contributed by atoms with van der Waals surface area (Å²) in [6.07, 6.45) is 3.89. The first-order valence-electron chi connectivity index (χ1n) is 5.83. The normalized spacial score (nSPS) is 24.4. The molecule has 1 aliphatic rings. The number of hydrogen-bond donors (Lipinski definition) is 2. The van der Waals surface area contributed by atoms with Crippen molar-refractivity contribution >= 4 is 27.7 Å². The summed E-state index contributed by atoms with van der Waals surface area (Å²) in [6, 6.07) is 3.57. The molecule has 1 amide bonds. The molecule has 5 heteroatoms. The van der Waals surface area contributed by atoms with Gasteiger partial charge in [-0.15, -0.1) is 0 Å². The standard InChI is InChI=1S/C12H16BrN3O/c1-8-4-2-6-14-10(8)12(17)16-11-9(13)5-3-7-15-11/h3,5,7-8,10,14H,2,4,6H2,1H3,(H,15,16,17). The number of pyridine rings is 1. The molecule has 1 aliphatic heterocycles. The van der Waals surface area contributed by atoms with E-state index in [1.165, 1.54) is 0 Å². The molecule has 2 atom stereocenters. The number of piperidine rings is 1. The summed E-state index contributed by atoms with van der Waals surface area (Å²) in [5.41, 5.74) is 0. The molecule has 0 radical (unpaired) electrons. The molecule has 2 rings (SSSR count). The fraction of sp³-hybridized carbons (Fsp3) is 0.500. The fourth-order valence-corrected chi connectivity index (χ4v) is 2.43. The number of hydrogen-bond acceptors (Lipinski definition) is 3. The zero-order chi connectivity index (χ0) is 12.3. The fourth-order valence-electron chi connectivity index (χ4n) is 2.07. The van der Waals surface area contributed by atoms with E-state index in [9.17, 15) is 4.79 Å². The van der Waals surface area contributed by atoms with Gasteiger partial charge in [0.1, 0.15) is 5.82 Å². The summed E-state index contributed by atoms with van der Waals surface area (Å²) >= 11 is 3.37. The molecule has 0 aromatic carbocycles. The topological polar surface area (TPSA) is 54.0 Å². The summed E-state index contributed by atoms with van der Waals surface area (Å²) in [6.45, 7) is 3.01. The van der Waals surface area contributed by atoms with Crippen LogP contribution in [0, 0.1) is 5.92 Å². The second-order valence-electron chi connectivity index (χ2n) is 4.37. The molecule has 0 saturated carbocycles. The predicted octanol–water partition coefficient (Wildman–Crippen LogP) is 2.17. The van der Waals surface area contributed by atoms with E-state index in [0.717, 1.165) is 23.9 Å². The maximum Gasteiger partial charge on any atom is 0.242 e. The van der Waals surface area contributed by atoms with Crippen LogP contribution in [0.15, 0.2) is 22.8 Å². The number of halogens is 1. The van der Waals surface area contributed by atoms with E-state index in [-0.39, 0.29) is 11.9 Å². The van der Waals surface area contributed by atoms with E-state index < -0.39 is 0 Å². The molecule has 1 aromatic rings. The minimum atomic E-state index is -0.113. The van der Waals surface area contributed by atoms with Crippen molar-refractivity contribution in [3.05, 3.63) is 22.8 Å². The highest BCUT2D eigenvalue weighted by Crippen LogP contribution is 2.21. The number of carbonyl (C=O) groups excluding carboxylic acids is 1. The maximum absolute atomic E-state index is 12.1. The molecule has 1 fully saturated rings. The molecule has 2 unspecified atom stereocenters. The first-order valence-corrected chi connectivity index (χ1v) is 6.62. The highest BCUT2D eigenvalue weighted by atomic mass is 79.9. The van der Waals surface area contributed by atoms with Gasteiger partial charge in [-0.25, -0.2) is 4.98 Å². The third kappa shape index (κ3) is 3.04. The van der Waals surface area contributed by atoms with E-state index in [4.69, 9.17) is 0 Å². The lowest BCUT2D eigenvalue weighted by Crippen LogP contribution is -2.48. The quantitative estimate of drug-likeness (QED) is 0.880. The zero-order valence-corrected chi connectivity index (χ0v) is 11.3. The SMILES string of the molecule is CC1CCCNC1C(=O)Nc1ncccc1Br. The first kappa shape index (κ1) is 12.5. The van der Waals surface area contributed by atoms with Gasteiger partial charge in [0, 0.05) is 6.20 Å². The van der Waals surface area contributed by atoms with Gasteiger partial charge in [-0.05, 0) is 53.4 Å². The second kappa shape index (κ2) is 5.60. The predicted molar refractivity (Wildman–Crippen MR) is 70.8 cm³/mol. The van der Waals surface area contributed by atoms with Crippen molar-refractivity contribution in [2.75, 3.05) is 11.9 Å². The number of rotatable bonds is 2. The van der Waals surface area contributed by atoms with Crippen LogP contribution in [0.1, 0.15) is 19.8 Å². The number of nitrogens with one attached hydrogen (secondary N) is 2. The summed E-state index contributed by atoms with van der Waals surface area (Å²) < 4.78 is 0.803. The largest absolute Gasteiger partial charge is 0.308 e. The monoisotopic (exact) mass is 297 g/mol. The van der Waals surface area contributed by atoms with Gasteiger partial charge >= 0.3 is 0 Å². The highest BCUT2D eigenvalue weighted by Gasteiger charge is 2.27. The average molecular weight is 298 g/mol. The zero-order valence-electron chi connectivity index (χ0n) is 9.74. The van der Waals surface area contributed by atoms with Crippen molar-refractivity contribution in [3.63, 3.8) is 0 Å². The first-order chi connectivity index (χ1) is 8.18. The molecular formula is C12H16BrN3O. The second-order valence-corrected chi connectivity index (χ2v) is 5.23. The van der Waals surface area contributed by atoms with E-state index in [1.807, 2.05) is 12.1 Å². The molecule has 92 valence electrons. The molecule has 17 heavy (non-hydrogen) atoms. The number of nitrogens with zero attached hydrogens (tertiary/aromatic N) is 1. The summed E-state index contributed by atoms with van der Waals surface area (Å²) in [4.78, 5) is 16.2. The van der Waals surface area contributed by atoms with Gasteiger partial charge in [0.25, 0.3) is 0 Å². The molecular weight excluding hydrogens is 282 g/mol. The number of anilines is 1. The van der Waals surface area contributed by atoms with Crippen molar-refractivity contribution in [3.8, 4) is 0 Å². The van der Waals surface area contributed by atoms with E-state index in [0.29, 0.717) is 11.7 Å². The van der Waals surface area contributed by atoms with Crippen molar-refractivity contribution < 1.29 is 4.79 Å². The van der Waals surface area contributed by atoms with Crippen LogP contribution in [0.25, 0.3) is 0 Å². The van der Waals surface area contributed by atoms with Gasteiger partial charge < -0.3 is 10.6 Å². The van der Waals surface area contributed by atoms with Gasteiger partial charge in [-0.2, -0.15) is 0 Å². The Morgan fingerprint density at radius 2 is 2.47 bits per heavy atom. The molecule has 4 nitrogen and oxygen atoms in total. The van der Waals surface area contributed by atoms with Crippen LogP contribution in [0.3, 0.4) is 0 Å². The van der Waals surface area contributed by atoms with Crippen LogP contribution in [0.4, 0.5) is 5.82 Å². The van der Waals surface area contributed by atoms with Crippen LogP contribution in [-0.2, 0) is 4.79 Å². The Morgan fingerprint density at radius 1 is 1.65 bits per heavy atom. The Morgan fingerprint density at radius 3 is 3.18 bits per heavy atom. The number of amides is 1. The van der Waals surface area contributed by atoms with Crippen molar-refractivity contribution in [2.45, 2.75) is 25.8 Å². The number of aromatic nitrogens is 1. The van der Waals surface area contributed by atoms with Crippen molar-refractivity contribution in [2.24, 2.45) is 5.92 Å². The smallest absolute Gasteiger partial charge is 0.242 e. The lowest BCUT2D eigenvalue weighted by molar-refractivity contribution is -0.119. The molecule has 0 aliphatic carbocycles. The number of carbonyl (C=O) groups is 1. The van der Waals surface area contributed by atoms with Gasteiger partial charge in [0.15, 0.2) is 0 Å². The molecule has 2 heterocycles. The molecule has 0 spiro atoms. The Balaban J connectivity index is 2.03. The lowest BCUT2D eigenvalue weighted by atomic mass is 9.92. The Kier molecular flexibility index (Phi) is 4.12. The van der Waals surface area contributed by atoms with Gasteiger partial charge in [0.05, 0.1) is 10.5 Å². The Labute approximate surface area is 109 Å².